The molecule has 7 nitrogen and oxygen atoms in total. The Morgan fingerprint density at radius 2 is 1.61 bits per heavy atom. The van der Waals surface area contributed by atoms with Crippen molar-refractivity contribution < 1.29 is 23.2 Å². The summed E-state index contributed by atoms with van der Waals surface area (Å²) in [6.07, 6.45) is 1.59. The number of carbonyl (C=O) groups excluding carboxylic acids is 1. The number of hydrogen-bond acceptors (Lipinski definition) is 6. The van der Waals surface area contributed by atoms with Gasteiger partial charge in [-0.25, -0.2) is 0 Å². The van der Waals surface area contributed by atoms with Gasteiger partial charge >= 0.3 is 0 Å². The first-order valence-electron chi connectivity index (χ1n) is 9.72. The average Bonchev–Trinajstić information content (AvgIpc) is 3.51. The molecule has 0 N–H and O–H groups in total. The number of carbonyl (C=O) groups is 1. The molecule has 0 saturated heterocycles. The highest BCUT2D eigenvalue weighted by Gasteiger charge is 2.20. The van der Waals surface area contributed by atoms with Gasteiger partial charge in [-0.15, -0.1) is 0 Å². The van der Waals surface area contributed by atoms with E-state index in [1.807, 2.05) is 36.4 Å². The minimum absolute atomic E-state index is 0.145. The van der Waals surface area contributed by atoms with Crippen LogP contribution in [0.15, 0.2) is 81.9 Å². The van der Waals surface area contributed by atoms with E-state index < -0.39 is 0 Å². The lowest BCUT2D eigenvalue weighted by Gasteiger charge is -2.20. The zero-order valence-electron chi connectivity index (χ0n) is 17.3. The topological polar surface area (TPSA) is 77.9 Å². The minimum Gasteiger partial charge on any atom is -0.497 e. The maximum absolute atomic E-state index is 13.2. The van der Waals surface area contributed by atoms with E-state index in [2.05, 4.69) is 5.16 Å². The van der Waals surface area contributed by atoms with Crippen LogP contribution in [0, 0.1) is 0 Å². The van der Waals surface area contributed by atoms with Crippen molar-refractivity contribution in [1.29, 1.82) is 0 Å². The summed E-state index contributed by atoms with van der Waals surface area (Å²) in [5.41, 5.74) is 2.06. The van der Waals surface area contributed by atoms with Gasteiger partial charge in [-0.05, 0) is 60.7 Å². The highest BCUT2D eigenvalue weighted by Crippen LogP contribution is 2.24. The number of ether oxygens (including phenoxy) is 2. The zero-order valence-corrected chi connectivity index (χ0v) is 17.3. The fourth-order valence-electron chi connectivity index (χ4n) is 3.18. The van der Waals surface area contributed by atoms with E-state index in [1.165, 1.54) is 0 Å². The number of furan rings is 1. The highest BCUT2D eigenvalue weighted by molar-refractivity contribution is 5.94. The van der Waals surface area contributed by atoms with Crippen LogP contribution in [-0.4, -0.2) is 30.2 Å². The number of aromatic nitrogens is 1. The number of hydrogen-bond donors (Lipinski definition) is 0. The van der Waals surface area contributed by atoms with Crippen molar-refractivity contribution >= 4 is 5.91 Å². The summed E-state index contributed by atoms with van der Waals surface area (Å²) in [7, 11) is 3.21. The molecular weight excluding hydrogens is 396 g/mol. The monoisotopic (exact) mass is 418 g/mol. The fourth-order valence-corrected chi connectivity index (χ4v) is 3.18. The molecule has 158 valence electrons. The molecule has 0 unspecified atom stereocenters. The van der Waals surface area contributed by atoms with Crippen LogP contribution in [-0.2, 0) is 13.1 Å². The van der Waals surface area contributed by atoms with Gasteiger partial charge in [-0.1, -0.05) is 5.16 Å². The number of methoxy groups -OCH3 is 2. The predicted octanol–water partition coefficient (Wildman–Crippen LogP) is 4.79. The SMILES string of the molecule is COc1ccc(C(=O)N(Cc2cc(-c3ccc(OC)cc3)on2)Cc2ccco2)cc1. The minimum atomic E-state index is -0.145. The van der Waals surface area contributed by atoms with E-state index in [-0.39, 0.29) is 12.5 Å². The van der Waals surface area contributed by atoms with Gasteiger partial charge in [0.25, 0.3) is 5.91 Å². The molecule has 31 heavy (non-hydrogen) atoms. The Balaban J connectivity index is 1.55. The third kappa shape index (κ3) is 4.78. The molecule has 0 atom stereocenters. The molecule has 7 heteroatoms. The fraction of sp³-hybridized carbons (Fsp3) is 0.167. The average molecular weight is 418 g/mol. The van der Waals surface area contributed by atoms with E-state index in [4.69, 9.17) is 18.4 Å². The van der Waals surface area contributed by atoms with Crippen molar-refractivity contribution in [2.75, 3.05) is 14.2 Å². The standard InChI is InChI=1S/C24H22N2O5/c1-28-20-9-5-17(6-10-20)23-14-19(25-31-23)15-26(16-22-4-3-13-30-22)24(27)18-7-11-21(29-2)12-8-18/h3-14H,15-16H2,1-2H3. The zero-order chi connectivity index (χ0) is 21.6. The third-order valence-electron chi connectivity index (χ3n) is 4.84. The van der Waals surface area contributed by atoms with Gasteiger partial charge in [0.1, 0.15) is 23.0 Å². The van der Waals surface area contributed by atoms with Crippen molar-refractivity contribution in [3.05, 3.63) is 90.0 Å². The van der Waals surface area contributed by atoms with Crippen LogP contribution in [0.2, 0.25) is 0 Å². The smallest absolute Gasteiger partial charge is 0.254 e. The summed E-state index contributed by atoms with van der Waals surface area (Å²) in [6.45, 7) is 0.577. The molecule has 0 saturated carbocycles. The molecule has 0 aliphatic rings. The normalized spacial score (nSPS) is 10.6. The molecule has 0 bridgehead atoms. The second-order valence-corrected chi connectivity index (χ2v) is 6.88. The number of nitrogens with zero attached hydrogens (tertiary/aromatic N) is 2. The van der Waals surface area contributed by atoms with Crippen molar-refractivity contribution in [2.24, 2.45) is 0 Å². The molecule has 0 spiro atoms. The molecule has 4 rings (SSSR count). The summed E-state index contributed by atoms with van der Waals surface area (Å²) in [5, 5.41) is 4.16. The predicted molar refractivity (Wildman–Crippen MR) is 114 cm³/mol. The van der Waals surface area contributed by atoms with Gasteiger partial charge in [0.05, 0.1) is 33.6 Å². The van der Waals surface area contributed by atoms with Crippen LogP contribution in [0.1, 0.15) is 21.8 Å². The maximum atomic E-state index is 13.2. The molecule has 0 aliphatic heterocycles. The van der Waals surface area contributed by atoms with Gasteiger partial charge in [0.15, 0.2) is 5.76 Å². The van der Waals surface area contributed by atoms with Crippen LogP contribution >= 0.6 is 0 Å². The third-order valence-corrected chi connectivity index (χ3v) is 4.84. The van der Waals surface area contributed by atoms with Gasteiger partial charge in [-0.2, -0.15) is 0 Å². The highest BCUT2D eigenvalue weighted by atomic mass is 16.5. The maximum Gasteiger partial charge on any atom is 0.254 e. The van der Waals surface area contributed by atoms with E-state index in [1.54, 1.807) is 55.7 Å². The Bertz CT molecular complexity index is 1120. The van der Waals surface area contributed by atoms with Gasteiger partial charge < -0.3 is 23.3 Å². The van der Waals surface area contributed by atoms with Crippen molar-refractivity contribution in [3.63, 3.8) is 0 Å². The first kappa shape index (κ1) is 20.3. The largest absolute Gasteiger partial charge is 0.497 e. The van der Waals surface area contributed by atoms with Crippen molar-refractivity contribution in [3.8, 4) is 22.8 Å². The Hall–Kier alpha value is -4.00. The van der Waals surface area contributed by atoms with E-state index in [0.717, 1.165) is 11.3 Å². The van der Waals surface area contributed by atoms with Crippen LogP contribution in [0.4, 0.5) is 0 Å². The van der Waals surface area contributed by atoms with Crippen LogP contribution < -0.4 is 9.47 Å². The van der Waals surface area contributed by atoms with Crippen molar-refractivity contribution in [2.45, 2.75) is 13.1 Å². The molecular formula is C24H22N2O5. The van der Waals surface area contributed by atoms with E-state index in [9.17, 15) is 4.79 Å². The number of amides is 1. The number of rotatable bonds is 8. The lowest BCUT2D eigenvalue weighted by Crippen LogP contribution is -2.30. The second kappa shape index (κ2) is 9.21. The summed E-state index contributed by atoms with van der Waals surface area (Å²) < 4.78 is 21.3. The first-order valence-corrected chi connectivity index (χ1v) is 9.72. The summed E-state index contributed by atoms with van der Waals surface area (Å²) in [4.78, 5) is 14.9. The second-order valence-electron chi connectivity index (χ2n) is 6.88. The summed E-state index contributed by atoms with van der Waals surface area (Å²) in [6, 6.07) is 20.0. The lowest BCUT2D eigenvalue weighted by molar-refractivity contribution is 0.0713. The number of benzene rings is 2. The van der Waals surface area contributed by atoms with Crippen LogP contribution in [0.25, 0.3) is 11.3 Å². The molecule has 0 fully saturated rings. The van der Waals surface area contributed by atoms with Gasteiger partial charge in [-0.3, -0.25) is 4.79 Å². The Kier molecular flexibility index (Phi) is 6.03. The first-order chi connectivity index (χ1) is 15.2. The van der Waals surface area contributed by atoms with E-state index in [0.29, 0.717) is 35.1 Å². The molecule has 0 radical (unpaired) electrons. The Morgan fingerprint density at radius 1 is 0.935 bits per heavy atom. The van der Waals surface area contributed by atoms with Crippen LogP contribution in [0.3, 0.4) is 0 Å². The molecule has 2 aromatic heterocycles. The van der Waals surface area contributed by atoms with Gasteiger partial charge in [0, 0.05) is 17.2 Å². The molecule has 2 aromatic carbocycles. The van der Waals surface area contributed by atoms with Gasteiger partial charge in [0.2, 0.25) is 0 Å². The van der Waals surface area contributed by atoms with E-state index >= 15 is 0 Å². The molecule has 1 amide bonds. The lowest BCUT2D eigenvalue weighted by atomic mass is 10.1. The molecule has 0 aliphatic carbocycles. The Morgan fingerprint density at radius 3 is 2.23 bits per heavy atom. The summed E-state index contributed by atoms with van der Waals surface area (Å²) >= 11 is 0. The molecule has 2 heterocycles. The molecule has 4 aromatic rings. The van der Waals surface area contributed by atoms with Crippen LogP contribution in [0.5, 0.6) is 11.5 Å². The van der Waals surface area contributed by atoms with Crippen molar-refractivity contribution in [1.82, 2.24) is 10.1 Å². The summed E-state index contributed by atoms with van der Waals surface area (Å²) in [5.74, 6) is 2.61. The quantitative estimate of drug-likeness (QED) is 0.409. The Labute approximate surface area is 179 Å².